The molecule has 0 spiro atoms. The molecule has 0 atom stereocenters. The molecule has 3 aromatic rings. The van der Waals surface area contributed by atoms with E-state index in [1.807, 2.05) is 12.1 Å². The van der Waals surface area contributed by atoms with Crippen molar-refractivity contribution in [3.8, 4) is 5.69 Å². The predicted octanol–water partition coefficient (Wildman–Crippen LogP) is 4.29. The van der Waals surface area contributed by atoms with Crippen molar-refractivity contribution in [3.63, 3.8) is 0 Å². The maximum Gasteiger partial charge on any atom is 0.446 e. The molecule has 0 aliphatic carbocycles. The van der Waals surface area contributed by atoms with Gasteiger partial charge in [-0.25, -0.2) is 4.79 Å². The maximum absolute atomic E-state index is 12.8. The van der Waals surface area contributed by atoms with E-state index in [4.69, 9.17) is 0 Å². The van der Waals surface area contributed by atoms with Crippen LogP contribution in [0, 0.1) is 6.92 Å². The molecule has 2 heterocycles. The SMILES string of the molecule is Cc1c(S)n(-c2ccc(SC(F)(F)F)cc2)c(=O)n1Cc1ccncc1. The summed E-state index contributed by atoms with van der Waals surface area (Å²) in [5.74, 6) is 0. The van der Waals surface area contributed by atoms with Gasteiger partial charge in [-0.15, -0.1) is 12.6 Å². The van der Waals surface area contributed by atoms with Crippen molar-refractivity contribution in [1.29, 1.82) is 0 Å². The Labute approximate surface area is 157 Å². The number of benzene rings is 1. The highest BCUT2D eigenvalue weighted by molar-refractivity contribution is 8.00. The monoisotopic (exact) mass is 397 g/mol. The van der Waals surface area contributed by atoms with Gasteiger partial charge in [0.2, 0.25) is 0 Å². The molecule has 0 aliphatic heterocycles. The summed E-state index contributed by atoms with van der Waals surface area (Å²) in [5.41, 5.74) is -2.61. The molecule has 26 heavy (non-hydrogen) atoms. The lowest BCUT2D eigenvalue weighted by molar-refractivity contribution is -0.0328. The summed E-state index contributed by atoms with van der Waals surface area (Å²) in [4.78, 5) is 16.8. The average Bonchev–Trinajstić information content (AvgIpc) is 2.79. The van der Waals surface area contributed by atoms with E-state index < -0.39 is 5.51 Å². The number of imidazole rings is 1. The summed E-state index contributed by atoms with van der Waals surface area (Å²) < 4.78 is 40.3. The molecule has 0 radical (unpaired) electrons. The lowest BCUT2D eigenvalue weighted by atomic mass is 10.2. The Hall–Kier alpha value is -2.13. The largest absolute Gasteiger partial charge is 0.446 e. The molecule has 0 amide bonds. The molecule has 0 unspecified atom stereocenters. The normalized spacial score (nSPS) is 11.7. The Morgan fingerprint density at radius 2 is 1.73 bits per heavy atom. The summed E-state index contributed by atoms with van der Waals surface area (Å²) in [7, 11) is 0. The van der Waals surface area contributed by atoms with Gasteiger partial charge in [0.15, 0.2) is 0 Å². The quantitative estimate of drug-likeness (QED) is 0.527. The number of pyridine rings is 1. The highest BCUT2D eigenvalue weighted by Crippen LogP contribution is 2.37. The zero-order valence-corrected chi connectivity index (χ0v) is 15.3. The zero-order valence-electron chi connectivity index (χ0n) is 13.6. The fourth-order valence-electron chi connectivity index (χ4n) is 2.52. The minimum atomic E-state index is -4.35. The molecule has 136 valence electrons. The summed E-state index contributed by atoms with van der Waals surface area (Å²) in [6, 6.07) is 9.25. The fraction of sp³-hybridized carbons (Fsp3) is 0.176. The van der Waals surface area contributed by atoms with Crippen LogP contribution in [0.4, 0.5) is 13.2 Å². The van der Waals surface area contributed by atoms with Crippen molar-refractivity contribution >= 4 is 24.4 Å². The van der Waals surface area contributed by atoms with Crippen molar-refractivity contribution in [1.82, 2.24) is 14.1 Å². The zero-order chi connectivity index (χ0) is 18.9. The number of thioether (sulfide) groups is 1. The van der Waals surface area contributed by atoms with Crippen LogP contribution in [0.2, 0.25) is 0 Å². The molecule has 0 saturated carbocycles. The van der Waals surface area contributed by atoms with E-state index in [-0.39, 0.29) is 22.3 Å². The first kappa shape index (κ1) is 18.7. The predicted molar refractivity (Wildman–Crippen MR) is 97.3 cm³/mol. The Morgan fingerprint density at radius 3 is 2.31 bits per heavy atom. The van der Waals surface area contributed by atoms with Crippen molar-refractivity contribution < 1.29 is 13.2 Å². The second kappa shape index (κ2) is 7.24. The molecular formula is C17H14F3N3OS2. The number of hydrogen-bond donors (Lipinski definition) is 1. The highest BCUT2D eigenvalue weighted by atomic mass is 32.2. The van der Waals surface area contributed by atoms with Crippen LogP contribution in [-0.4, -0.2) is 19.6 Å². The standard InChI is InChI=1S/C17H14F3N3OS2/c1-11-15(25)23(13-2-4-14(5-3-13)26-17(18,19)20)16(24)22(11)10-12-6-8-21-9-7-12/h2-9,25H,10H2,1H3. The molecule has 4 nitrogen and oxygen atoms in total. The molecule has 3 rings (SSSR count). The summed E-state index contributed by atoms with van der Waals surface area (Å²) in [6.07, 6.45) is 3.29. The van der Waals surface area contributed by atoms with E-state index >= 15 is 0 Å². The van der Waals surface area contributed by atoms with Crippen LogP contribution in [0.1, 0.15) is 11.3 Å². The van der Waals surface area contributed by atoms with Crippen LogP contribution < -0.4 is 5.69 Å². The molecule has 1 aromatic carbocycles. The van der Waals surface area contributed by atoms with Gasteiger partial charge in [0.1, 0.15) is 5.03 Å². The lowest BCUT2D eigenvalue weighted by Gasteiger charge is -2.07. The fourth-order valence-corrected chi connectivity index (χ4v) is 3.39. The van der Waals surface area contributed by atoms with Gasteiger partial charge in [-0.1, -0.05) is 0 Å². The van der Waals surface area contributed by atoms with Crippen LogP contribution in [0.25, 0.3) is 5.69 Å². The molecular weight excluding hydrogens is 383 g/mol. The van der Waals surface area contributed by atoms with E-state index in [1.165, 1.54) is 28.8 Å². The van der Waals surface area contributed by atoms with Crippen molar-refractivity contribution in [2.45, 2.75) is 28.9 Å². The van der Waals surface area contributed by atoms with E-state index in [9.17, 15) is 18.0 Å². The number of halogens is 3. The number of hydrogen-bond acceptors (Lipinski definition) is 4. The first-order chi connectivity index (χ1) is 12.3. The lowest BCUT2D eigenvalue weighted by Crippen LogP contribution is -2.24. The van der Waals surface area contributed by atoms with E-state index in [1.54, 1.807) is 23.9 Å². The summed E-state index contributed by atoms with van der Waals surface area (Å²) >= 11 is 4.22. The molecule has 0 saturated heterocycles. The molecule has 0 aliphatic rings. The third kappa shape index (κ3) is 3.99. The average molecular weight is 397 g/mol. The maximum atomic E-state index is 12.8. The van der Waals surface area contributed by atoms with Gasteiger partial charge in [0.25, 0.3) is 0 Å². The Bertz CT molecular complexity index is 964. The minimum absolute atomic E-state index is 0.0583. The summed E-state index contributed by atoms with van der Waals surface area (Å²) in [6.45, 7) is 2.13. The van der Waals surface area contributed by atoms with Gasteiger partial charge in [0, 0.05) is 17.3 Å². The minimum Gasteiger partial charge on any atom is -0.291 e. The number of rotatable bonds is 4. The first-order valence-electron chi connectivity index (χ1n) is 7.52. The number of nitrogens with zero attached hydrogens (tertiary/aromatic N) is 3. The van der Waals surface area contributed by atoms with Crippen molar-refractivity contribution in [2.24, 2.45) is 0 Å². The Balaban J connectivity index is 1.96. The topological polar surface area (TPSA) is 39.8 Å². The smallest absolute Gasteiger partial charge is 0.291 e. The van der Waals surface area contributed by atoms with Crippen molar-refractivity contribution in [3.05, 3.63) is 70.5 Å². The van der Waals surface area contributed by atoms with Gasteiger partial charge in [0.05, 0.1) is 17.9 Å². The number of aromatic nitrogens is 3. The third-order valence-corrected chi connectivity index (χ3v) is 5.04. The van der Waals surface area contributed by atoms with Gasteiger partial charge in [-0.3, -0.25) is 14.1 Å². The highest BCUT2D eigenvalue weighted by Gasteiger charge is 2.29. The van der Waals surface area contributed by atoms with Gasteiger partial charge < -0.3 is 0 Å². The molecule has 0 bridgehead atoms. The van der Waals surface area contributed by atoms with Crippen molar-refractivity contribution in [2.75, 3.05) is 0 Å². The Morgan fingerprint density at radius 1 is 1.12 bits per heavy atom. The first-order valence-corrected chi connectivity index (χ1v) is 8.79. The molecule has 9 heteroatoms. The third-order valence-electron chi connectivity index (χ3n) is 3.78. The van der Waals surface area contributed by atoms with E-state index in [0.29, 0.717) is 23.0 Å². The summed E-state index contributed by atoms with van der Waals surface area (Å²) in [5, 5.41) is 0.445. The molecule has 2 aromatic heterocycles. The second-order valence-electron chi connectivity index (χ2n) is 5.51. The number of thiol groups is 1. The van der Waals surface area contributed by atoms with E-state index in [2.05, 4.69) is 17.6 Å². The van der Waals surface area contributed by atoms with Gasteiger partial charge in [-0.05, 0) is 60.6 Å². The van der Waals surface area contributed by atoms with Gasteiger partial charge >= 0.3 is 11.2 Å². The van der Waals surface area contributed by atoms with E-state index in [0.717, 1.165) is 5.56 Å². The van der Waals surface area contributed by atoms with Gasteiger partial charge in [-0.2, -0.15) is 13.2 Å². The van der Waals surface area contributed by atoms with Crippen LogP contribution in [0.15, 0.2) is 63.5 Å². The second-order valence-corrected chi connectivity index (χ2v) is 7.07. The molecule has 0 fully saturated rings. The Kier molecular flexibility index (Phi) is 5.19. The number of alkyl halides is 3. The van der Waals surface area contributed by atoms with Crippen LogP contribution >= 0.6 is 24.4 Å². The molecule has 0 N–H and O–H groups in total. The van der Waals surface area contributed by atoms with Crippen LogP contribution in [0.3, 0.4) is 0 Å². The van der Waals surface area contributed by atoms with Crippen LogP contribution in [-0.2, 0) is 6.54 Å². The van der Waals surface area contributed by atoms with Crippen LogP contribution in [0.5, 0.6) is 0 Å².